The minimum absolute atomic E-state index is 0.0264. The minimum atomic E-state index is -0.112. The van der Waals surface area contributed by atoms with Gasteiger partial charge < -0.3 is 10.6 Å². The number of hydrogen-bond donors (Lipinski definition) is 2. The standard InChI is InChI=1S/C17H24N2O2S/c1-3-22-16-6-4-5-15(11-16)19-17(21)13-7-9-14(10-8-13)18-12(2)20/h7-10,15-16H,3-6,11H2,1-2H3,(H,18,20)(H,19,21). The smallest absolute Gasteiger partial charge is 0.251 e. The Morgan fingerprint density at radius 3 is 2.59 bits per heavy atom. The Balaban J connectivity index is 1.89. The zero-order chi connectivity index (χ0) is 15.9. The van der Waals surface area contributed by atoms with Crippen molar-refractivity contribution < 1.29 is 9.59 Å². The fourth-order valence-corrected chi connectivity index (χ4v) is 4.01. The summed E-state index contributed by atoms with van der Waals surface area (Å²) in [5.41, 5.74) is 1.35. The van der Waals surface area contributed by atoms with Crippen molar-refractivity contribution in [2.75, 3.05) is 11.1 Å². The highest BCUT2D eigenvalue weighted by Gasteiger charge is 2.23. The van der Waals surface area contributed by atoms with Crippen LogP contribution in [0.4, 0.5) is 5.69 Å². The summed E-state index contributed by atoms with van der Waals surface area (Å²) in [6.45, 7) is 3.65. The van der Waals surface area contributed by atoms with Crippen molar-refractivity contribution >= 4 is 29.3 Å². The van der Waals surface area contributed by atoms with Crippen LogP contribution in [-0.2, 0) is 4.79 Å². The largest absolute Gasteiger partial charge is 0.349 e. The van der Waals surface area contributed by atoms with Crippen LogP contribution in [0.5, 0.6) is 0 Å². The second kappa shape index (κ2) is 8.22. The van der Waals surface area contributed by atoms with Crippen LogP contribution in [0.3, 0.4) is 0 Å². The summed E-state index contributed by atoms with van der Waals surface area (Å²) in [4.78, 5) is 23.3. The molecule has 2 amide bonds. The minimum Gasteiger partial charge on any atom is -0.349 e. The highest BCUT2D eigenvalue weighted by Crippen LogP contribution is 2.28. The molecule has 1 aromatic carbocycles. The summed E-state index contributed by atoms with van der Waals surface area (Å²) in [5.74, 6) is 0.996. The monoisotopic (exact) mass is 320 g/mol. The van der Waals surface area contributed by atoms with Gasteiger partial charge in [-0.15, -0.1) is 0 Å². The van der Waals surface area contributed by atoms with Gasteiger partial charge in [-0.2, -0.15) is 11.8 Å². The molecule has 5 heteroatoms. The molecule has 0 saturated heterocycles. The Kier molecular flexibility index (Phi) is 6.31. The summed E-state index contributed by atoms with van der Waals surface area (Å²) in [7, 11) is 0. The van der Waals surface area contributed by atoms with Crippen LogP contribution in [0, 0.1) is 0 Å². The van der Waals surface area contributed by atoms with Gasteiger partial charge in [0, 0.05) is 29.5 Å². The van der Waals surface area contributed by atoms with Crippen molar-refractivity contribution in [3.63, 3.8) is 0 Å². The summed E-state index contributed by atoms with van der Waals surface area (Å²) < 4.78 is 0. The van der Waals surface area contributed by atoms with Gasteiger partial charge in [0.1, 0.15) is 0 Å². The van der Waals surface area contributed by atoms with Gasteiger partial charge in [-0.3, -0.25) is 9.59 Å². The Morgan fingerprint density at radius 2 is 1.95 bits per heavy atom. The molecule has 1 aliphatic carbocycles. The normalized spacial score (nSPS) is 21.2. The quantitative estimate of drug-likeness (QED) is 0.874. The number of anilines is 1. The average molecular weight is 320 g/mol. The predicted octanol–water partition coefficient (Wildman–Crippen LogP) is 3.44. The first-order valence-electron chi connectivity index (χ1n) is 7.88. The highest BCUT2D eigenvalue weighted by molar-refractivity contribution is 7.99. The molecule has 22 heavy (non-hydrogen) atoms. The van der Waals surface area contributed by atoms with Gasteiger partial charge in [0.2, 0.25) is 5.91 Å². The Morgan fingerprint density at radius 1 is 1.23 bits per heavy atom. The van der Waals surface area contributed by atoms with Gasteiger partial charge in [0.15, 0.2) is 0 Å². The first-order chi connectivity index (χ1) is 10.6. The van der Waals surface area contributed by atoms with E-state index in [1.165, 1.54) is 19.8 Å². The highest BCUT2D eigenvalue weighted by atomic mass is 32.2. The molecule has 0 aliphatic heterocycles. The molecule has 1 saturated carbocycles. The van der Waals surface area contributed by atoms with Crippen LogP contribution in [0.2, 0.25) is 0 Å². The lowest BCUT2D eigenvalue weighted by atomic mass is 9.94. The van der Waals surface area contributed by atoms with Gasteiger partial charge in [-0.25, -0.2) is 0 Å². The predicted molar refractivity (Wildman–Crippen MR) is 92.4 cm³/mol. The van der Waals surface area contributed by atoms with Crippen molar-refractivity contribution in [3.05, 3.63) is 29.8 Å². The molecule has 4 nitrogen and oxygen atoms in total. The van der Waals surface area contributed by atoms with E-state index in [2.05, 4.69) is 17.6 Å². The van der Waals surface area contributed by atoms with Crippen molar-refractivity contribution in [2.45, 2.75) is 50.8 Å². The third-order valence-corrected chi connectivity index (χ3v) is 5.06. The molecule has 120 valence electrons. The van der Waals surface area contributed by atoms with E-state index in [-0.39, 0.29) is 17.9 Å². The third kappa shape index (κ3) is 5.05. The molecule has 1 fully saturated rings. The second-order valence-electron chi connectivity index (χ2n) is 5.67. The number of amides is 2. The number of carbonyl (C=O) groups is 2. The fraction of sp³-hybridized carbons (Fsp3) is 0.529. The van der Waals surface area contributed by atoms with Crippen LogP contribution < -0.4 is 10.6 Å². The van der Waals surface area contributed by atoms with Gasteiger partial charge >= 0.3 is 0 Å². The van der Waals surface area contributed by atoms with Crippen LogP contribution in [0.25, 0.3) is 0 Å². The third-order valence-electron chi connectivity index (χ3n) is 3.83. The molecule has 2 atom stereocenters. The molecular formula is C17H24N2O2S. The fourth-order valence-electron chi connectivity index (χ4n) is 2.84. The molecule has 0 bridgehead atoms. The Hall–Kier alpha value is -1.49. The van der Waals surface area contributed by atoms with E-state index in [9.17, 15) is 9.59 Å². The average Bonchev–Trinajstić information content (AvgIpc) is 2.48. The topological polar surface area (TPSA) is 58.2 Å². The lowest BCUT2D eigenvalue weighted by Crippen LogP contribution is -2.39. The molecule has 0 spiro atoms. The van der Waals surface area contributed by atoms with Crippen molar-refractivity contribution in [3.8, 4) is 0 Å². The van der Waals surface area contributed by atoms with Gasteiger partial charge in [-0.05, 0) is 49.3 Å². The maximum atomic E-state index is 12.3. The number of rotatable bonds is 5. The van der Waals surface area contributed by atoms with E-state index in [0.717, 1.165) is 18.6 Å². The summed E-state index contributed by atoms with van der Waals surface area (Å²) in [6, 6.07) is 7.30. The maximum absolute atomic E-state index is 12.3. The zero-order valence-electron chi connectivity index (χ0n) is 13.2. The SMILES string of the molecule is CCSC1CCCC(NC(=O)c2ccc(NC(C)=O)cc2)C1. The molecule has 1 aliphatic rings. The summed E-state index contributed by atoms with van der Waals surface area (Å²) in [6.07, 6.45) is 4.57. The van der Waals surface area contributed by atoms with E-state index < -0.39 is 0 Å². The lowest BCUT2D eigenvalue weighted by molar-refractivity contribution is -0.114. The summed E-state index contributed by atoms with van der Waals surface area (Å²) in [5, 5.41) is 6.52. The van der Waals surface area contributed by atoms with E-state index in [0.29, 0.717) is 16.5 Å². The van der Waals surface area contributed by atoms with Gasteiger partial charge in [0.25, 0.3) is 5.91 Å². The van der Waals surface area contributed by atoms with Crippen LogP contribution >= 0.6 is 11.8 Å². The van der Waals surface area contributed by atoms with E-state index in [1.807, 2.05) is 11.8 Å². The maximum Gasteiger partial charge on any atom is 0.251 e. The number of carbonyl (C=O) groups excluding carboxylic acids is 2. The Bertz CT molecular complexity index is 514. The number of thioether (sulfide) groups is 1. The molecule has 2 N–H and O–H groups in total. The number of benzene rings is 1. The molecule has 0 aromatic heterocycles. The Labute approximate surface area is 136 Å². The van der Waals surface area contributed by atoms with E-state index in [1.54, 1.807) is 24.3 Å². The van der Waals surface area contributed by atoms with E-state index in [4.69, 9.17) is 0 Å². The van der Waals surface area contributed by atoms with Crippen LogP contribution in [-0.4, -0.2) is 28.9 Å². The zero-order valence-corrected chi connectivity index (χ0v) is 14.0. The molecule has 0 heterocycles. The van der Waals surface area contributed by atoms with Gasteiger partial charge in [-0.1, -0.05) is 13.3 Å². The lowest BCUT2D eigenvalue weighted by Gasteiger charge is -2.29. The molecule has 2 rings (SSSR count). The van der Waals surface area contributed by atoms with Crippen molar-refractivity contribution in [2.24, 2.45) is 0 Å². The van der Waals surface area contributed by atoms with E-state index >= 15 is 0 Å². The summed E-state index contributed by atoms with van der Waals surface area (Å²) >= 11 is 1.99. The molecule has 0 radical (unpaired) electrons. The number of hydrogen-bond acceptors (Lipinski definition) is 3. The first-order valence-corrected chi connectivity index (χ1v) is 8.93. The van der Waals surface area contributed by atoms with Crippen LogP contribution in [0.15, 0.2) is 24.3 Å². The second-order valence-corrected chi connectivity index (χ2v) is 7.25. The van der Waals surface area contributed by atoms with Gasteiger partial charge in [0.05, 0.1) is 0 Å². The molecule has 2 unspecified atom stereocenters. The van der Waals surface area contributed by atoms with Crippen molar-refractivity contribution in [1.82, 2.24) is 5.32 Å². The van der Waals surface area contributed by atoms with Crippen LogP contribution in [0.1, 0.15) is 49.9 Å². The number of nitrogens with one attached hydrogen (secondary N) is 2. The molecule has 1 aromatic rings. The first kappa shape index (κ1) is 16.9. The van der Waals surface area contributed by atoms with Crippen molar-refractivity contribution in [1.29, 1.82) is 0 Å². The molecular weight excluding hydrogens is 296 g/mol.